The highest BCUT2D eigenvalue weighted by Crippen LogP contribution is 2.21. The number of rotatable bonds is 8. The maximum atomic E-state index is 13.3. The van der Waals surface area contributed by atoms with E-state index in [2.05, 4.69) is 10.3 Å². The summed E-state index contributed by atoms with van der Waals surface area (Å²) in [6.45, 7) is 10.0. The van der Waals surface area contributed by atoms with Crippen molar-refractivity contribution in [3.8, 4) is 0 Å². The van der Waals surface area contributed by atoms with Crippen LogP contribution in [0.5, 0.6) is 0 Å². The molecule has 1 heterocycles. The van der Waals surface area contributed by atoms with Crippen molar-refractivity contribution in [2.75, 3.05) is 17.2 Å². The van der Waals surface area contributed by atoms with Gasteiger partial charge in [0, 0.05) is 32.1 Å². The molecule has 1 aromatic heterocycles. The molecule has 0 aliphatic rings. The summed E-state index contributed by atoms with van der Waals surface area (Å²) in [5, 5.41) is 2.70. The normalized spacial score (nSPS) is 11.1. The van der Waals surface area contributed by atoms with Gasteiger partial charge < -0.3 is 16.0 Å². The van der Waals surface area contributed by atoms with Crippen molar-refractivity contribution >= 4 is 23.3 Å². The number of hydrogen-bond donors (Lipinski definition) is 3. The summed E-state index contributed by atoms with van der Waals surface area (Å²) in [5.74, 6) is -0.406. The summed E-state index contributed by atoms with van der Waals surface area (Å²) < 4.78 is 1.29. The van der Waals surface area contributed by atoms with Gasteiger partial charge in [-0.05, 0) is 29.5 Å². The number of nitrogen functional groups attached to an aromatic ring is 1. The maximum Gasteiger partial charge on any atom is 0.330 e. The Hall–Kier alpha value is -3.36. The topological polar surface area (TPSA) is 130 Å². The highest BCUT2D eigenvalue weighted by molar-refractivity contribution is 6.07. The third-order valence-electron chi connectivity index (χ3n) is 4.57. The third-order valence-corrected chi connectivity index (χ3v) is 4.57. The second kappa shape index (κ2) is 10.1. The third kappa shape index (κ3) is 6.07. The molecule has 0 aliphatic carbocycles. The average Bonchev–Trinajstić information content (AvgIpc) is 2.68. The number of carbonyl (C=O) groups is 2. The van der Waals surface area contributed by atoms with Crippen LogP contribution in [0.25, 0.3) is 0 Å². The van der Waals surface area contributed by atoms with Crippen LogP contribution in [-0.4, -0.2) is 27.9 Å². The first-order chi connectivity index (χ1) is 14.5. The van der Waals surface area contributed by atoms with Crippen molar-refractivity contribution in [2.24, 2.45) is 11.8 Å². The maximum absolute atomic E-state index is 13.3. The molecule has 4 N–H and O–H groups in total. The van der Waals surface area contributed by atoms with E-state index < -0.39 is 17.2 Å². The number of anilines is 2. The van der Waals surface area contributed by atoms with Gasteiger partial charge in [-0.1, -0.05) is 39.8 Å². The molecule has 168 valence electrons. The SMILES string of the molecule is CC(=O)NCc1ccc(C(=O)N(CC(C)C)c2c(N)n(CC(C)C)c(=O)[nH]c2=O)cc1. The molecule has 0 saturated carbocycles. The van der Waals surface area contributed by atoms with Gasteiger partial charge >= 0.3 is 5.69 Å². The fraction of sp³-hybridized carbons (Fsp3) is 0.455. The van der Waals surface area contributed by atoms with Crippen LogP contribution in [0.1, 0.15) is 50.5 Å². The monoisotopic (exact) mass is 429 g/mol. The lowest BCUT2D eigenvalue weighted by Gasteiger charge is -2.26. The number of H-pyrrole nitrogens is 1. The molecule has 31 heavy (non-hydrogen) atoms. The van der Waals surface area contributed by atoms with Crippen molar-refractivity contribution < 1.29 is 9.59 Å². The van der Waals surface area contributed by atoms with Crippen LogP contribution in [-0.2, 0) is 17.9 Å². The lowest BCUT2D eigenvalue weighted by atomic mass is 10.1. The molecular weight excluding hydrogens is 398 g/mol. The van der Waals surface area contributed by atoms with Gasteiger partial charge in [0.15, 0.2) is 5.69 Å². The van der Waals surface area contributed by atoms with E-state index in [-0.39, 0.29) is 35.8 Å². The fourth-order valence-corrected chi connectivity index (χ4v) is 3.17. The van der Waals surface area contributed by atoms with Crippen LogP contribution in [0.15, 0.2) is 33.9 Å². The Kier molecular flexibility index (Phi) is 7.79. The van der Waals surface area contributed by atoms with E-state index in [4.69, 9.17) is 5.73 Å². The Morgan fingerprint density at radius 2 is 1.71 bits per heavy atom. The molecule has 0 bridgehead atoms. The van der Waals surface area contributed by atoms with Crippen LogP contribution in [0.2, 0.25) is 0 Å². The summed E-state index contributed by atoms with van der Waals surface area (Å²) >= 11 is 0. The van der Waals surface area contributed by atoms with Gasteiger partial charge in [-0.15, -0.1) is 0 Å². The molecule has 0 atom stereocenters. The number of amides is 2. The average molecular weight is 430 g/mol. The minimum Gasteiger partial charge on any atom is -0.383 e. The van der Waals surface area contributed by atoms with E-state index >= 15 is 0 Å². The summed E-state index contributed by atoms with van der Waals surface area (Å²) in [4.78, 5) is 53.0. The number of aromatic amines is 1. The Morgan fingerprint density at radius 3 is 2.23 bits per heavy atom. The van der Waals surface area contributed by atoms with Gasteiger partial charge in [0.1, 0.15) is 5.82 Å². The fourth-order valence-electron chi connectivity index (χ4n) is 3.17. The zero-order valence-corrected chi connectivity index (χ0v) is 18.7. The first-order valence-electron chi connectivity index (χ1n) is 10.3. The molecule has 0 fully saturated rings. The molecule has 9 heteroatoms. The lowest BCUT2D eigenvalue weighted by Crippen LogP contribution is -2.43. The predicted octanol–water partition coefficient (Wildman–Crippen LogP) is 1.71. The van der Waals surface area contributed by atoms with E-state index in [1.807, 2.05) is 27.7 Å². The predicted molar refractivity (Wildman–Crippen MR) is 121 cm³/mol. The van der Waals surface area contributed by atoms with Gasteiger partial charge in [0.25, 0.3) is 11.5 Å². The Labute approximate surface area is 181 Å². The van der Waals surface area contributed by atoms with Crippen LogP contribution in [0, 0.1) is 11.8 Å². The minimum atomic E-state index is -0.696. The Bertz CT molecular complexity index is 1050. The zero-order chi connectivity index (χ0) is 23.3. The lowest BCUT2D eigenvalue weighted by molar-refractivity contribution is -0.119. The van der Waals surface area contributed by atoms with Crippen molar-refractivity contribution in [3.63, 3.8) is 0 Å². The molecule has 2 amide bonds. The molecule has 0 unspecified atom stereocenters. The molecule has 0 saturated heterocycles. The number of nitrogens with zero attached hydrogens (tertiary/aromatic N) is 2. The standard InChI is InChI=1S/C22H31N5O4/c1-13(2)11-26(18-19(23)27(12-14(3)4)22(31)25-20(18)29)21(30)17-8-6-16(7-9-17)10-24-15(5)28/h6-9,13-14H,10-12,23H2,1-5H3,(H,24,28)(H,25,29,31). The summed E-state index contributed by atoms with van der Waals surface area (Å²) in [5.41, 5.74) is 6.11. The molecule has 9 nitrogen and oxygen atoms in total. The van der Waals surface area contributed by atoms with Crippen LogP contribution >= 0.6 is 0 Å². The number of aromatic nitrogens is 2. The van der Waals surface area contributed by atoms with E-state index in [9.17, 15) is 19.2 Å². The van der Waals surface area contributed by atoms with Gasteiger partial charge in [0.2, 0.25) is 5.91 Å². The first-order valence-corrected chi connectivity index (χ1v) is 10.3. The first kappa shape index (κ1) is 23.9. The summed E-state index contributed by atoms with van der Waals surface area (Å²) in [6.07, 6.45) is 0. The van der Waals surface area contributed by atoms with Crippen LogP contribution in [0.3, 0.4) is 0 Å². The number of benzene rings is 1. The van der Waals surface area contributed by atoms with E-state index in [0.717, 1.165) is 5.56 Å². The van der Waals surface area contributed by atoms with Crippen molar-refractivity contribution in [1.29, 1.82) is 0 Å². The second-order valence-corrected chi connectivity index (χ2v) is 8.41. The number of nitrogens with one attached hydrogen (secondary N) is 2. The Balaban J connectivity index is 2.49. The molecule has 2 aromatic rings. The molecule has 0 aliphatic heterocycles. The van der Waals surface area contributed by atoms with E-state index in [1.165, 1.54) is 16.4 Å². The van der Waals surface area contributed by atoms with E-state index in [0.29, 0.717) is 18.7 Å². The van der Waals surface area contributed by atoms with Crippen molar-refractivity contribution in [1.82, 2.24) is 14.9 Å². The largest absolute Gasteiger partial charge is 0.383 e. The van der Waals surface area contributed by atoms with Crippen LogP contribution < -0.4 is 27.2 Å². The van der Waals surface area contributed by atoms with Gasteiger partial charge in [-0.3, -0.25) is 23.9 Å². The molecular formula is C22H31N5O4. The van der Waals surface area contributed by atoms with Gasteiger partial charge in [0.05, 0.1) is 0 Å². The molecule has 2 rings (SSSR count). The van der Waals surface area contributed by atoms with Crippen molar-refractivity contribution in [3.05, 3.63) is 56.2 Å². The molecule has 0 spiro atoms. The quantitative estimate of drug-likeness (QED) is 0.588. The Morgan fingerprint density at radius 1 is 1.10 bits per heavy atom. The molecule has 0 radical (unpaired) electrons. The summed E-state index contributed by atoms with van der Waals surface area (Å²) in [7, 11) is 0. The number of carbonyl (C=O) groups excluding carboxylic acids is 2. The van der Waals surface area contributed by atoms with E-state index in [1.54, 1.807) is 24.3 Å². The van der Waals surface area contributed by atoms with Gasteiger partial charge in [-0.25, -0.2) is 4.79 Å². The summed E-state index contributed by atoms with van der Waals surface area (Å²) in [6, 6.07) is 6.76. The minimum absolute atomic E-state index is 0.0266. The highest BCUT2D eigenvalue weighted by Gasteiger charge is 2.26. The number of hydrogen-bond acceptors (Lipinski definition) is 5. The van der Waals surface area contributed by atoms with Gasteiger partial charge in [-0.2, -0.15) is 0 Å². The smallest absolute Gasteiger partial charge is 0.330 e. The highest BCUT2D eigenvalue weighted by atomic mass is 16.2. The number of nitrogens with two attached hydrogens (primary N) is 1. The van der Waals surface area contributed by atoms with Crippen LogP contribution in [0.4, 0.5) is 11.5 Å². The zero-order valence-electron chi connectivity index (χ0n) is 18.7. The van der Waals surface area contributed by atoms with Crippen molar-refractivity contribution in [2.45, 2.75) is 47.7 Å². The second-order valence-electron chi connectivity index (χ2n) is 8.41. The molecule has 1 aromatic carbocycles.